The van der Waals surface area contributed by atoms with Gasteiger partial charge in [0.1, 0.15) is 12.3 Å². The molecule has 0 bridgehead atoms. The number of nitrogens with zero attached hydrogens (tertiary/aromatic N) is 2. The van der Waals surface area contributed by atoms with Crippen LogP contribution in [0, 0.1) is 0 Å². The molecule has 1 aromatic carbocycles. The molecule has 2 atom stereocenters. The second-order valence-electron chi connectivity index (χ2n) is 6.08. The van der Waals surface area contributed by atoms with Gasteiger partial charge in [0.05, 0.1) is 25.0 Å². The number of fused-ring (bicyclic) bond motifs is 1. The van der Waals surface area contributed by atoms with E-state index < -0.39 is 12.2 Å². The van der Waals surface area contributed by atoms with Gasteiger partial charge in [0, 0.05) is 13.1 Å². The molecule has 2 aliphatic heterocycles. The van der Waals surface area contributed by atoms with Gasteiger partial charge >= 0.3 is 0 Å². The number of amides is 2. The van der Waals surface area contributed by atoms with Gasteiger partial charge in [-0.1, -0.05) is 6.07 Å². The number of morpholine rings is 1. The smallest absolute Gasteiger partial charge is 0.268 e. The molecule has 130 valence electrons. The highest BCUT2D eigenvalue weighted by atomic mass is 16.5. The van der Waals surface area contributed by atoms with Crippen molar-refractivity contribution >= 4 is 17.5 Å². The number of hydrogen-bond donors (Lipinski definition) is 1. The quantitative estimate of drug-likeness (QED) is 0.881. The molecule has 0 saturated carbocycles. The first kappa shape index (κ1) is 16.7. The summed E-state index contributed by atoms with van der Waals surface area (Å²) in [5.74, 6) is 0.169. The molecule has 0 spiro atoms. The Balaban J connectivity index is 1.87. The van der Waals surface area contributed by atoms with Crippen LogP contribution in [0.4, 0.5) is 5.69 Å². The predicted molar refractivity (Wildman–Crippen MR) is 86.9 cm³/mol. The molecule has 1 fully saturated rings. The fraction of sp³-hybridized carbons (Fsp3) is 0.529. The van der Waals surface area contributed by atoms with Gasteiger partial charge < -0.3 is 19.5 Å². The van der Waals surface area contributed by atoms with Crippen LogP contribution in [0.1, 0.15) is 25.5 Å². The number of aliphatic hydroxyl groups is 1. The molecule has 2 aliphatic rings. The molecule has 2 heterocycles. The van der Waals surface area contributed by atoms with Crippen LogP contribution in [0.5, 0.6) is 5.75 Å². The summed E-state index contributed by atoms with van der Waals surface area (Å²) in [7, 11) is 0. The van der Waals surface area contributed by atoms with E-state index in [1.165, 1.54) is 4.90 Å². The lowest BCUT2D eigenvalue weighted by molar-refractivity contribution is -0.136. The Morgan fingerprint density at radius 3 is 2.75 bits per heavy atom. The fourth-order valence-corrected chi connectivity index (χ4v) is 2.89. The van der Waals surface area contributed by atoms with Crippen LogP contribution in [0.3, 0.4) is 0 Å². The number of rotatable bonds is 3. The highest BCUT2D eigenvalue weighted by molar-refractivity contribution is 6.03. The lowest BCUT2D eigenvalue weighted by Crippen LogP contribution is -2.51. The molecule has 3 rings (SSSR count). The third-order valence-electron chi connectivity index (χ3n) is 4.33. The van der Waals surface area contributed by atoms with Gasteiger partial charge in [-0.2, -0.15) is 0 Å². The van der Waals surface area contributed by atoms with Gasteiger partial charge in [0.2, 0.25) is 5.91 Å². The Morgan fingerprint density at radius 2 is 2.08 bits per heavy atom. The molecular weight excluding hydrogens is 312 g/mol. The zero-order chi connectivity index (χ0) is 17.3. The van der Waals surface area contributed by atoms with Crippen LogP contribution in [0.15, 0.2) is 18.2 Å². The number of hydrogen-bond acceptors (Lipinski definition) is 5. The standard InChI is InChI=1S/C17H22N2O5/c1-11(20)13-3-4-15-14(9-13)19(17(22)12(2)24-15)10-16(21)18-5-7-23-8-6-18/h3-4,9,11-12,20H,5-8,10H2,1-2H3/t11-,12+/m1/s1. The van der Waals surface area contributed by atoms with E-state index in [1.807, 2.05) is 0 Å². The molecule has 24 heavy (non-hydrogen) atoms. The van der Waals surface area contributed by atoms with E-state index in [-0.39, 0.29) is 18.4 Å². The summed E-state index contributed by atoms with van der Waals surface area (Å²) in [5.41, 5.74) is 1.20. The normalized spacial score (nSPS) is 22.0. The molecule has 0 aromatic heterocycles. The van der Waals surface area contributed by atoms with E-state index in [2.05, 4.69) is 0 Å². The van der Waals surface area contributed by atoms with Crippen molar-refractivity contribution in [2.45, 2.75) is 26.1 Å². The first-order valence-electron chi connectivity index (χ1n) is 8.13. The second-order valence-corrected chi connectivity index (χ2v) is 6.08. The molecule has 1 N–H and O–H groups in total. The zero-order valence-corrected chi connectivity index (χ0v) is 13.9. The van der Waals surface area contributed by atoms with Gasteiger partial charge in [-0.15, -0.1) is 0 Å². The molecule has 0 radical (unpaired) electrons. The SMILES string of the molecule is C[C@@H]1Oc2ccc([C@@H](C)O)cc2N(CC(=O)N2CCOCC2)C1=O. The minimum atomic E-state index is -0.665. The minimum Gasteiger partial charge on any atom is -0.479 e. The monoisotopic (exact) mass is 334 g/mol. The van der Waals surface area contributed by atoms with Crippen LogP contribution in [-0.4, -0.2) is 60.8 Å². The largest absolute Gasteiger partial charge is 0.479 e. The number of anilines is 1. The van der Waals surface area contributed by atoms with E-state index >= 15 is 0 Å². The van der Waals surface area contributed by atoms with Crippen molar-refractivity contribution in [3.05, 3.63) is 23.8 Å². The van der Waals surface area contributed by atoms with E-state index in [4.69, 9.17) is 9.47 Å². The Morgan fingerprint density at radius 1 is 1.38 bits per heavy atom. The van der Waals surface area contributed by atoms with Crippen molar-refractivity contribution in [3.8, 4) is 5.75 Å². The van der Waals surface area contributed by atoms with Crippen molar-refractivity contribution < 1.29 is 24.2 Å². The first-order valence-corrected chi connectivity index (χ1v) is 8.13. The van der Waals surface area contributed by atoms with Crippen molar-refractivity contribution in [2.24, 2.45) is 0 Å². The topological polar surface area (TPSA) is 79.3 Å². The number of carbonyl (C=O) groups excluding carboxylic acids is 2. The highest BCUT2D eigenvalue weighted by Gasteiger charge is 2.34. The van der Waals surface area contributed by atoms with E-state index in [1.54, 1.807) is 36.9 Å². The summed E-state index contributed by atoms with van der Waals surface area (Å²) in [6.07, 6.45) is -1.31. The molecule has 1 saturated heterocycles. The predicted octanol–water partition coefficient (Wildman–Crippen LogP) is 0.713. The van der Waals surface area contributed by atoms with Crippen LogP contribution in [0.25, 0.3) is 0 Å². The van der Waals surface area contributed by atoms with Crippen molar-refractivity contribution in [1.82, 2.24) is 4.90 Å². The third kappa shape index (κ3) is 3.22. The summed E-state index contributed by atoms with van der Waals surface area (Å²) in [5, 5.41) is 9.78. The van der Waals surface area contributed by atoms with Crippen molar-refractivity contribution in [2.75, 3.05) is 37.7 Å². The van der Waals surface area contributed by atoms with Gasteiger partial charge in [0.25, 0.3) is 5.91 Å². The van der Waals surface area contributed by atoms with Crippen LogP contribution >= 0.6 is 0 Å². The van der Waals surface area contributed by atoms with Crippen molar-refractivity contribution in [3.63, 3.8) is 0 Å². The molecule has 7 heteroatoms. The molecule has 0 aliphatic carbocycles. The number of aliphatic hydroxyl groups excluding tert-OH is 1. The summed E-state index contributed by atoms with van der Waals surface area (Å²) >= 11 is 0. The Bertz CT molecular complexity index is 640. The maximum absolute atomic E-state index is 12.5. The fourth-order valence-electron chi connectivity index (χ4n) is 2.89. The van der Waals surface area contributed by atoms with Crippen LogP contribution in [0.2, 0.25) is 0 Å². The van der Waals surface area contributed by atoms with Gasteiger partial charge in [0.15, 0.2) is 6.10 Å². The molecule has 7 nitrogen and oxygen atoms in total. The van der Waals surface area contributed by atoms with Crippen molar-refractivity contribution in [1.29, 1.82) is 0 Å². The van der Waals surface area contributed by atoms with Gasteiger partial charge in [-0.25, -0.2) is 0 Å². The summed E-state index contributed by atoms with van der Waals surface area (Å²) in [4.78, 5) is 28.2. The van der Waals surface area contributed by atoms with E-state index in [9.17, 15) is 14.7 Å². The third-order valence-corrected chi connectivity index (χ3v) is 4.33. The average Bonchev–Trinajstić information content (AvgIpc) is 2.59. The van der Waals surface area contributed by atoms with E-state index in [0.717, 1.165) is 0 Å². The maximum atomic E-state index is 12.5. The molecular formula is C17H22N2O5. The van der Waals surface area contributed by atoms with E-state index in [0.29, 0.717) is 43.3 Å². The number of benzene rings is 1. The van der Waals surface area contributed by atoms with Gasteiger partial charge in [-0.3, -0.25) is 14.5 Å². The second kappa shape index (κ2) is 6.78. The Hall–Kier alpha value is -2.12. The van der Waals surface area contributed by atoms with Crippen LogP contribution in [-0.2, 0) is 14.3 Å². The lowest BCUT2D eigenvalue weighted by atomic mass is 10.1. The molecule has 1 aromatic rings. The zero-order valence-electron chi connectivity index (χ0n) is 13.9. The molecule has 2 amide bonds. The first-order chi connectivity index (χ1) is 11.5. The number of ether oxygens (including phenoxy) is 2. The van der Waals surface area contributed by atoms with Crippen LogP contribution < -0.4 is 9.64 Å². The highest BCUT2D eigenvalue weighted by Crippen LogP contribution is 2.36. The summed E-state index contributed by atoms with van der Waals surface area (Å²) in [6, 6.07) is 5.19. The molecule has 0 unspecified atom stereocenters. The van der Waals surface area contributed by atoms with Gasteiger partial charge in [-0.05, 0) is 31.5 Å². The Kier molecular flexibility index (Phi) is 4.73. The summed E-state index contributed by atoms with van der Waals surface area (Å²) < 4.78 is 10.9. The average molecular weight is 334 g/mol. The minimum absolute atomic E-state index is 0.0389. The lowest BCUT2D eigenvalue weighted by Gasteiger charge is -2.35. The Labute approximate surface area is 140 Å². The maximum Gasteiger partial charge on any atom is 0.268 e. The summed E-state index contributed by atoms with van der Waals surface area (Å²) in [6.45, 7) is 5.38. The number of carbonyl (C=O) groups is 2.